The lowest BCUT2D eigenvalue weighted by Crippen LogP contribution is -2.40. The fourth-order valence-electron chi connectivity index (χ4n) is 3.68. The molecule has 148 valence electrons. The molecule has 1 atom stereocenters. The van der Waals surface area contributed by atoms with Gasteiger partial charge in [0, 0.05) is 19.6 Å². The number of fused-ring (bicyclic) bond motifs is 2. The minimum Gasteiger partial charge on any atom is -0.337 e. The van der Waals surface area contributed by atoms with Gasteiger partial charge in [0.25, 0.3) is 5.56 Å². The number of thioether (sulfide) groups is 1. The highest BCUT2D eigenvalue weighted by molar-refractivity contribution is 8.00. The Morgan fingerprint density at radius 2 is 1.93 bits per heavy atom. The Bertz CT molecular complexity index is 1140. The van der Waals surface area contributed by atoms with Crippen molar-refractivity contribution in [3.8, 4) is 0 Å². The van der Waals surface area contributed by atoms with E-state index in [1.54, 1.807) is 16.7 Å². The quantitative estimate of drug-likeness (QED) is 0.369. The molecule has 29 heavy (non-hydrogen) atoms. The van der Waals surface area contributed by atoms with Crippen LogP contribution in [0.5, 0.6) is 0 Å². The van der Waals surface area contributed by atoms with Gasteiger partial charge in [-0.3, -0.25) is 14.2 Å². The number of hydrogen-bond acceptors (Lipinski definition) is 4. The third kappa shape index (κ3) is 3.85. The van der Waals surface area contributed by atoms with Crippen molar-refractivity contribution in [2.24, 2.45) is 0 Å². The van der Waals surface area contributed by atoms with Crippen LogP contribution in [0, 0.1) is 0 Å². The van der Waals surface area contributed by atoms with E-state index in [2.05, 4.69) is 23.7 Å². The van der Waals surface area contributed by atoms with Gasteiger partial charge in [0.2, 0.25) is 5.91 Å². The molecule has 1 amide bonds. The maximum Gasteiger partial charge on any atom is 0.262 e. The minimum absolute atomic E-state index is 0.0667. The molecule has 1 aromatic heterocycles. The number of rotatable bonds is 5. The number of hydrogen-bond donors (Lipinski definition) is 0. The standard InChI is InChI=1S/C23H23N3O2S/c1-3-13-26-22(28)19-10-6-7-11-20(19)24-23(26)29-16(2)21(27)25-14-12-17-8-4-5-9-18(17)15-25/h3-11,16H,1,12-15H2,2H3. The number of aromatic nitrogens is 2. The summed E-state index contributed by atoms with van der Waals surface area (Å²) < 4.78 is 1.59. The monoisotopic (exact) mass is 405 g/mol. The van der Waals surface area contributed by atoms with E-state index >= 15 is 0 Å². The maximum absolute atomic E-state index is 13.1. The number of carbonyl (C=O) groups excluding carboxylic acids is 1. The van der Waals surface area contributed by atoms with Crippen LogP contribution in [-0.4, -0.2) is 32.2 Å². The van der Waals surface area contributed by atoms with Crippen LogP contribution in [-0.2, 0) is 24.3 Å². The average molecular weight is 406 g/mol. The highest BCUT2D eigenvalue weighted by Gasteiger charge is 2.26. The maximum atomic E-state index is 13.1. The Balaban J connectivity index is 1.59. The summed E-state index contributed by atoms with van der Waals surface area (Å²) in [4.78, 5) is 32.6. The molecule has 2 aromatic carbocycles. The predicted octanol–water partition coefficient (Wildman–Crippen LogP) is 3.65. The Labute approximate surface area is 174 Å². The van der Waals surface area contributed by atoms with Crippen LogP contribution in [0.25, 0.3) is 10.9 Å². The van der Waals surface area contributed by atoms with Crippen molar-refractivity contribution in [1.82, 2.24) is 14.5 Å². The van der Waals surface area contributed by atoms with Crippen LogP contribution in [0.2, 0.25) is 0 Å². The average Bonchev–Trinajstić information content (AvgIpc) is 2.75. The second-order valence-electron chi connectivity index (χ2n) is 7.15. The molecule has 0 fully saturated rings. The van der Waals surface area contributed by atoms with Gasteiger partial charge in [-0.15, -0.1) is 6.58 Å². The highest BCUT2D eigenvalue weighted by atomic mass is 32.2. The number of carbonyl (C=O) groups is 1. The molecule has 0 spiro atoms. The first-order valence-corrected chi connectivity index (χ1v) is 10.6. The first kappa shape index (κ1) is 19.5. The molecule has 1 unspecified atom stereocenters. The summed E-state index contributed by atoms with van der Waals surface area (Å²) in [5.74, 6) is 0.0667. The first-order valence-electron chi connectivity index (χ1n) is 9.71. The van der Waals surface area contributed by atoms with Gasteiger partial charge in [0.15, 0.2) is 5.16 Å². The fourth-order valence-corrected chi connectivity index (χ4v) is 4.68. The lowest BCUT2D eigenvalue weighted by Gasteiger charge is -2.30. The second-order valence-corrected chi connectivity index (χ2v) is 8.46. The largest absolute Gasteiger partial charge is 0.337 e. The SMILES string of the molecule is C=CCn1c(SC(C)C(=O)N2CCc3ccccc3C2)nc2ccccc2c1=O. The van der Waals surface area contributed by atoms with Gasteiger partial charge in [-0.1, -0.05) is 54.2 Å². The molecule has 6 heteroatoms. The van der Waals surface area contributed by atoms with E-state index in [0.717, 1.165) is 6.42 Å². The third-order valence-electron chi connectivity index (χ3n) is 5.21. The van der Waals surface area contributed by atoms with Gasteiger partial charge in [0.1, 0.15) is 0 Å². The van der Waals surface area contributed by atoms with E-state index in [9.17, 15) is 9.59 Å². The highest BCUT2D eigenvalue weighted by Crippen LogP contribution is 2.26. The summed E-state index contributed by atoms with van der Waals surface area (Å²) >= 11 is 1.34. The van der Waals surface area contributed by atoms with Crippen LogP contribution < -0.4 is 5.56 Å². The van der Waals surface area contributed by atoms with E-state index in [1.165, 1.54) is 22.9 Å². The predicted molar refractivity (Wildman–Crippen MR) is 117 cm³/mol. The number of para-hydroxylation sites is 1. The summed E-state index contributed by atoms with van der Waals surface area (Å²) in [6.45, 7) is 7.34. The zero-order valence-corrected chi connectivity index (χ0v) is 17.2. The summed E-state index contributed by atoms with van der Waals surface area (Å²) in [6.07, 6.45) is 2.55. The molecule has 0 radical (unpaired) electrons. The number of allylic oxidation sites excluding steroid dienone is 1. The summed E-state index contributed by atoms with van der Waals surface area (Å²) in [6, 6.07) is 15.6. The summed E-state index contributed by atoms with van der Waals surface area (Å²) in [5.41, 5.74) is 3.06. The van der Waals surface area contributed by atoms with E-state index in [0.29, 0.717) is 35.7 Å². The number of amides is 1. The summed E-state index contributed by atoms with van der Waals surface area (Å²) in [5, 5.41) is 0.779. The molecule has 0 bridgehead atoms. The van der Waals surface area contributed by atoms with Crippen molar-refractivity contribution in [2.75, 3.05) is 6.54 Å². The van der Waals surface area contributed by atoms with Gasteiger partial charge in [-0.2, -0.15) is 0 Å². The molecular formula is C23H23N3O2S. The molecule has 0 aliphatic carbocycles. The molecule has 0 N–H and O–H groups in total. The molecular weight excluding hydrogens is 382 g/mol. The third-order valence-corrected chi connectivity index (χ3v) is 6.29. The molecule has 3 aromatic rings. The second kappa shape index (κ2) is 8.25. The van der Waals surface area contributed by atoms with Gasteiger partial charge in [0.05, 0.1) is 16.2 Å². The summed E-state index contributed by atoms with van der Waals surface area (Å²) in [7, 11) is 0. The van der Waals surface area contributed by atoms with E-state index < -0.39 is 0 Å². The van der Waals surface area contributed by atoms with E-state index in [1.807, 2.05) is 42.2 Å². The lowest BCUT2D eigenvalue weighted by molar-refractivity contribution is -0.131. The van der Waals surface area contributed by atoms with Gasteiger partial charge in [-0.25, -0.2) is 4.98 Å². The van der Waals surface area contributed by atoms with Crippen LogP contribution in [0.4, 0.5) is 0 Å². The smallest absolute Gasteiger partial charge is 0.262 e. The van der Waals surface area contributed by atoms with Crippen LogP contribution in [0.3, 0.4) is 0 Å². The molecule has 4 rings (SSSR count). The van der Waals surface area contributed by atoms with Crippen molar-refractivity contribution in [1.29, 1.82) is 0 Å². The zero-order valence-electron chi connectivity index (χ0n) is 16.4. The minimum atomic E-state index is -0.343. The van der Waals surface area contributed by atoms with Crippen molar-refractivity contribution >= 4 is 28.6 Å². The number of benzene rings is 2. The Hall–Kier alpha value is -2.86. The van der Waals surface area contributed by atoms with Gasteiger partial charge < -0.3 is 4.90 Å². The Kier molecular flexibility index (Phi) is 5.53. The number of nitrogens with zero attached hydrogens (tertiary/aromatic N) is 3. The van der Waals surface area contributed by atoms with E-state index in [4.69, 9.17) is 0 Å². The van der Waals surface area contributed by atoms with E-state index in [-0.39, 0.29) is 16.7 Å². The first-order chi connectivity index (χ1) is 14.1. The molecule has 2 heterocycles. The van der Waals surface area contributed by atoms with Crippen molar-refractivity contribution in [3.05, 3.63) is 82.7 Å². The van der Waals surface area contributed by atoms with Crippen molar-refractivity contribution in [3.63, 3.8) is 0 Å². The normalized spacial score (nSPS) is 14.4. The molecule has 0 saturated carbocycles. The van der Waals surface area contributed by atoms with Crippen LogP contribution in [0.1, 0.15) is 18.1 Å². The lowest BCUT2D eigenvalue weighted by atomic mass is 10.00. The van der Waals surface area contributed by atoms with Crippen LogP contribution in [0.15, 0.2) is 71.1 Å². The zero-order chi connectivity index (χ0) is 20.4. The van der Waals surface area contributed by atoms with Crippen LogP contribution >= 0.6 is 11.8 Å². The Morgan fingerprint density at radius 3 is 2.72 bits per heavy atom. The molecule has 0 saturated heterocycles. The Morgan fingerprint density at radius 1 is 1.21 bits per heavy atom. The topological polar surface area (TPSA) is 55.2 Å². The van der Waals surface area contributed by atoms with Crippen molar-refractivity contribution in [2.45, 2.75) is 36.8 Å². The molecule has 1 aliphatic heterocycles. The van der Waals surface area contributed by atoms with Gasteiger partial charge in [-0.05, 0) is 36.6 Å². The van der Waals surface area contributed by atoms with Crippen molar-refractivity contribution < 1.29 is 4.79 Å². The fraction of sp³-hybridized carbons (Fsp3) is 0.261. The molecule has 1 aliphatic rings. The molecule has 5 nitrogen and oxygen atoms in total. The van der Waals surface area contributed by atoms with Gasteiger partial charge >= 0.3 is 0 Å².